The second kappa shape index (κ2) is 3.74. The average Bonchev–Trinajstić information content (AvgIpc) is 2.71. The zero-order valence-corrected chi connectivity index (χ0v) is 13.2. The Morgan fingerprint density at radius 3 is 2.95 bits per heavy atom. The summed E-state index contributed by atoms with van der Waals surface area (Å²) in [4.78, 5) is 3.44. The molecule has 1 spiro atoms. The maximum Gasteiger partial charge on any atom is 0.327 e. The molecule has 0 aromatic rings. The van der Waals surface area contributed by atoms with Gasteiger partial charge in [-0.3, -0.25) is 0 Å². The highest BCUT2D eigenvalue weighted by Gasteiger charge is 2.92. The van der Waals surface area contributed by atoms with Gasteiger partial charge in [-0.1, -0.05) is 28.7 Å². The predicted molar refractivity (Wildman–Crippen MR) is 79.4 cm³/mol. The number of aliphatic hydroxyl groups excluding tert-OH is 1. The van der Waals surface area contributed by atoms with E-state index in [4.69, 9.17) is 10.5 Å². The molecule has 3 heterocycles. The summed E-state index contributed by atoms with van der Waals surface area (Å²) in [5.41, 5.74) is 1.87. The Labute approximate surface area is 132 Å². The fourth-order valence-electron chi connectivity index (χ4n) is 3.71. The molecule has 4 aliphatic rings. The van der Waals surface area contributed by atoms with Gasteiger partial charge in [-0.25, -0.2) is 9.40 Å². The van der Waals surface area contributed by atoms with Crippen LogP contribution in [0.15, 0.2) is 21.9 Å². The smallest absolute Gasteiger partial charge is 0.327 e. The van der Waals surface area contributed by atoms with Crippen LogP contribution in [0, 0.1) is 0 Å². The van der Waals surface area contributed by atoms with Crippen molar-refractivity contribution in [1.29, 1.82) is 0 Å². The molecule has 4 rings (SSSR count). The summed E-state index contributed by atoms with van der Waals surface area (Å²) in [5.74, 6) is -0.0425. The first-order chi connectivity index (χ1) is 9.81. The molecule has 21 heavy (non-hydrogen) atoms. The third-order valence-electron chi connectivity index (χ3n) is 4.89. The fraction of sp³-hybridized carbons (Fsp3) is 0.667. The molecule has 0 bridgehead atoms. The second-order valence-electron chi connectivity index (χ2n) is 6.01. The summed E-state index contributed by atoms with van der Waals surface area (Å²) in [5, 5.41) is 15.3. The summed E-state index contributed by atoms with van der Waals surface area (Å²) in [6.07, 6.45) is -1.30. The van der Waals surface area contributed by atoms with Gasteiger partial charge in [0.2, 0.25) is 0 Å². The van der Waals surface area contributed by atoms with Gasteiger partial charge in [-0.15, -0.1) is 5.10 Å². The van der Waals surface area contributed by atoms with E-state index < -0.39 is 35.1 Å². The minimum absolute atomic E-state index is 0.0425. The minimum Gasteiger partial charge on any atom is -0.387 e. The molecule has 114 valence electrons. The van der Waals surface area contributed by atoms with Crippen molar-refractivity contribution >= 4 is 34.5 Å². The van der Waals surface area contributed by atoms with Crippen LogP contribution in [0.4, 0.5) is 8.78 Å². The summed E-state index contributed by atoms with van der Waals surface area (Å²) in [6, 6.07) is 0. The lowest BCUT2D eigenvalue weighted by atomic mass is 9.93. The minimum atomic E-state index is -1.99. The van der Waals surface area contributed by atoms with E-state index in [1.165, 1.54) is 5.01 Å². The highest BCUT2D eigenvalue weighted by molar-refractivity contribution is 14.1. The number of amidine groups is 2. The van der Waals surface area contributed by atoms with E-state index in [1.54, 1.807) is 13.0 Å². The normalized spacial score (nSPS) is 50.5. The first-order valence-corrected chi connectivity index (χ1v) is 8.03. The third-order valence-corrected chi connectivity index (χ3v) is 6.41. The number of ether oxygens (including phenoxy) is 1. The number of hydrogen-bond donors (Lipinski definition) is 2. The standard InChI is InChI=1S/C12H13F2IN4O2/c1-10(4-15)7(20)12(14)8(21-10)11(12)3-2-5-6(16)17-9(13)18-19(5)11/h2,7-8,20H,3-4H2,1H3,(H2,16,17,18)/t7-,8+,10-,11?,12-/m1/s1. The molecule has 1 saturated carbocycles. The summed E-state index contributed by atoms with van der Waals surface area (Å²) in [6.45, 7) is 1.67. The van der Waals surface area contributed by atoms with E-state index >= 15 is 4.39 Å². The molecule has 9 heteroatoms. The van der Waals surface area contributed by atoms with Crippen molar-refractivity contribution in [1.82, 2.24) is 5.01 Å². The maximum atomic E-state index is 15.4. The number of nitrogens with two attached hydrogens (primary N) is 1. The van der Waals surface area contributed by atoms with Crippen molar-refractivity contribution in [2.24, 2.45) is 15.8 Å². The number of fused-ring (bicyclic) bond motifs is 5. The topological polar surface area (TPSA) is 83.4 Å². The quantitative estimate of drug-likeness (QED) is 0.377. The molecular weight excluding hydrogens is 397 g/mol. The van der Waals surface area contributed by atoms with E-state index in [-0.39, 0.29) is 12.3 Å². The van der Waals surface area contributed by atoms with Crippen molar-refractivity contribution in [3.63, 3.8) is 0 Å². The number of alkyl halides is 2. The van der Waals surface area contributed by atoms with Gasteiger partial charge in [0.1, 0.15) is 23.3 Å². The van der Waals surface area contributed by atoms with Gasteiger partial charge in [-0.2, -0.15) is 9.38 Å². The van der Waals surface area contributed by atoms with E-state index in [0.29, 0.717) is 10.1 Å². The van der Waals surface area contributed by atoms with Crippen LogP contribution in [-0.2, 0) is 4.74 Å². The van der Waals surface area contributed by atoms with E-state index in [1.807, 2.05) is 22.6 Å². The van der Waals surface area contributed by atoms with Gasteiger partial charge < -0.3 is 15.6 Å². The SMILES string of the molecule is C[C@]1(CI)O[C@H]2C3(CC=C4C(N)=NC(F)=NN43)[C@@]2(F)[C@@H]1O. The number of aliphatic imine (C=N–C) groups is 1. The third kappa shape index (κ3) is 1.29. The van der Waals surface area contributed by atoms with E-state index in [0.717, 1.165) is 0 Å². The molecule has 0 aromatic heterocycles. The monoisotopic (exact) mass is 410 g/mol. The lowest BCUT2D eigenvalue weighted by Gasteiger charge is -2.37. The Morgan fingerprint density at radius 2 is 2.38 bits per heavy atom. The van der Waals surface area contributed by atoms with Crippen molar-refractivity contribution in [3.8, 4) is 0 Å². The number of nitrogens with zero attached hydrogens (tertiary/aromatic N) is 3. The molecule has 1 aliphatic carbocycles. The molecule has 5 atom stereocenters. The average molecular weight is 410 g/mol. The van der Waals surface area contributed by atoms with Gasteiger partial charge in [0, 0.05) is 4.43 Å². The van der Waals surface area contributed by atoms with Crippen LogP contribution < -0.4 is 5.73 Å². The van der Waals surface area contributed by atoms with Crippen LogP contribution in [0.25, 0.3) is 0 Å². The lowest BCUT2D eigenvalue weighted by molar-refractivity contribution is -0.101. The van der Waals surface area contributed by atoms with Crippen LogP contribution in [0.2, 0.25) is 0 Å². The van der Waals surface area contributed by atoms with E-state index in [9.17, 15) is 9.50 Å². The van der Waals surface area contributed by atoms with Gasteiger partial charge >= 0.3 is 6.09 Å². The largest absolute Gasteiger partial charge is 0.387 e. The molecule has 3 aliphatic heterocycles. The molecular formula is C12H13F2IN4O2. The zero-order chi connectivity index (χ0) is 15.2. The molecule has 1 unspecified atom stereocenters. The number of hydrogen-bond acceptors (Lipinski definition) is 6. The molecule has 2 fully saturated rings. The van der Waals surface area contributed by atoms with Crippen LogP contribution in [0.3, 0.4) is 0 Å². The van der Waals surface area contributed by atoms with Crippen LogP contribution in [0.1, 0.15) is 13.3 Å². The van der Waals surface area contributed by atoms with E-state index in [2.05, 4.69) is 10.1 Å². The number of halogens is 3. The van der Waals surface area contributed by atoms with Gasteiger partial charge in [0.25, 0.3) is 0 Å². The second-order valence-corrected chi connectivity index (χ2v) is 6.77. The Balaban J connectivity index is 1.74. The van der Waals surface area contributed by atoms with Crippen molar-refractivity contribution in [2.75, 3.05) is 4.43 Å². The Bertz CT molecular complexity index is 641. The first kappa shape index (κ1) is 13.8. The van der Waals surface area contributed by atoms with Crippen LogP contribution in [0.5, 0.6) is 0 Å². The Kier molecular flexibility index (Phi) is 2.46. The summed E-state index contributed by atoms with van der Waals surface area (Å²) in [7, 11) is 0. The summed E-state index contributed by atoms with van der Waals surface area (Å²) < 4.78 is 35.1. The van der Waals surface area contributed by atoms with Gasteiger partial charge in [0.05, 0.1) is 5.70 Å². The molecule has 1 saturated heterocycles. The zero-order valence-electron chi connectivity index (χ0n) is 11.1. The lowest BCUT2D eigenvalue weighted by Crippen LogP contribution is -2.54. The number of aliphatic hydroxyl groups is 1. The van der Waals surface area contributed by atoms with Crippen LogP contribution >= 0.6 is 22.6 Å². The molecule has 0 aromatic carbocycles. The molecule has 0 amide bonds. The van der Waals surface area contributed by atoms with Crippen molar-refractivity contribution < 1.29 is 18.6 Å². The number of rotatable bonds is 1. The predicted octanol–water partition coefficient (Wildman–Crippen LogP) is 0.601. The highest BCUT2D eigenvalue weighted by atomic mass is 127. The first-order valence-electron chi connectivity index (χ1n) is 6.51. The number of hydrazone groups is 1. The molecule has 3 N–H and O–H groups in total. The maximum absolute atomic E-state index is 15.4. The van der Waals surface area contributed by atoms with Gasteiger partial charge in [0.15, 0.2) is 11.5 Å². The van der Waals surface area contributed by atoms with Gasteiger partial charge in [-0.05, 0) is 13.3 Å². The van der Waals surface area contributed by atoms with Crippen molar-refractivity contribution in [3.05, 3.63) is 11.8 Å². The Morgan fingerprint density at radius 1 is 1.67 bits per heavy atom. The molecule has 0 radical (unpaired) electrons. The fourth-order valence-corrected chi connectivity index (χ4v) is 4.31. The summed E-state index contributed by atoms with van der Waals surface area (Å²) >= 11 is 2.05. The molecule has 6 nitrogen and oxygen atoms in total. The Hall–Kier alpha value is -0.810. The highest BCUT2D eigenvalue weighted by Crippen LogP contribution is 2.70. The van der Waals surface area contributed by atoms with Crippen LogP contribution in [-0.4, -0.2) is 55.5 Å². The van der Waals surface area contributed by atoms with Crippen molar-refractivity contribution in [2.45, 2.75) is 42.4 Å².